The SMILES string of the molecule is Cc1ccc(S(=O)(=O)OC=CI)cc1. The maximum absolute atomic E-state index is 11.4. The van der Waals surface area contributed by atoms with Gasteiger partial charge in [0.1, 0.15) is 11.2 Å². The molecule has 0 saturated carbocycles. The van der Waals surface area contributed by atoms with Crippen LogP contribution in [-0.4, -0.2) is 8.42 Å². The molecule has 0 spiro atoms. The van der Waals surface area contributed by atoms with Gasteiger partial charge in [0.2, 0.25) is 0 Å². The summed E-state index contributed by atoms with van der Waals surface area (Å²) >= 11 is 1.88. The average molecular weight is 324 g/mol. The predicted octanol–water partition coefficient (Wildman–Crippen LogP) is 2.61. The molecule has 1 aromatic carbocycles. The number of hydrogen-bond acceptors (Lipinski definition) is 3. The molecule has 0 aliphatic heterocycles. The summed E-state index contributed by atoms with van der Waals surface area (Å²) in [4.78, 5) is 0.164. The molecular weight excluding hydrogens is 315 g/mol. The van der Waals surface area contributed by atoms with E-state index in [4.69, 9.17) is 0 Å². The quantitative estimate of drug-likeness (QED) is 0.488. The van der Waals surface area contributed by atoms with Crippen molar-refractivity contribution in [2.75, 3.05) is 0 Å². The molecule has 0 radical (unpaired) electrons. The Bertz CT molecular complexity index is 420. The molecule has 0 unspecified atom stereocenters. The largest absolute Gasteiger partial charge is 0.386 e. The molecule has 3 nitrogen and oxygen atoms in total. The third-order valence-corrected chi connectivity index (χ3v) is 3.05. The standard InChI is InChI=1S/C9H9IO3S/c1-8-2-4-9(5-3-8)14(11,12)13-7-6-10/h2-7H,1H3. The first-order chi connectivity index (χ1) is 6.56. The molecular formula is C9H9IO3S. The summed E-state index contributed by atoms with van der Waals surface area (Å²) in [6.07, 6.45) is 1.13. The Labute approximate surface area is 97.0 Å². The Kier molecular flexibility index (Phi) is 3.94. The molecule has 0 aromatic heterocycles. The molecule has 0 heterocycles. The Hall–Kier alpha value is -0.560. The molecule has 0 saturated heterocycles. The summed E-state index contributed by atoms with van der Waals surface area (Å²) in [5.74, 6) is 0. The van der Waals surface area contributed by atoms with Gasteiger partial charge in [0.25, 0.3) is 0 Å². The summed E-state index contributed by atoms with van der Waals surface area (Å²) < 4.78 is 28.9. The lowest BCUT2D eigenvalue weighted by atomic mass is 10.2. The summed E-state index contributed by atoms with van der Waals surface area (Å²) in [7, 11) is -3.63. The number of halogens is 1. The van der Waals surface area contributed by atoms with Gasteiger partial charge in [-0.2, -0.15) is 8.42 Å². The first kappa shape index (κ1) is 11.5. The van der Waals surface area contributed by atoms with E-state index in [1.165, 1.54) is 16.2 Å². The van der Waals surface area contributed by atoms with Crippen LogP contribution >= 0.6 is 22.6 Å². The van der Waals surface area contributed by atoms with E-state index in [9.17, 15) is 8.42 Å². The van der Waals surface area contributed by atoms with Gasteiger partial charge in [-0.25, -0.2) is 0 Å². The predicted molar refractivity (Wildman–Crippen MR) is 62.6 cm³/mol. The van der Waals surface area contributed by atoms with E-state index in [1.807, 2.05) is 29.5 Å². The molecule has 0 atom stereocenters. The van der Waals surface area contributed by atoms with E-state index in [0.717, 1.165) is 11.8 Å². The van der Waals surface area contributed by atoms with Crippen LogP contribution in [0.1, 0.15) is 5.56 Å². The molecule has 1 aromatic rings. The monoisotopic (exact) mass is 324 g/mol. The van der Waals surface area contributed by atoms with Crippen molar-refractivity contribution in [2.24, 2.45) is 0 Å². The second kappa shape index (κ2) is 4.79. The van der Waals surface area contributed by atoms with E-state index in [0.29, 0.717) is 0 Å². The topological polar surface area (TPSA) is 43.4 Å². The van der Waals surface area contributed by atoms with Crippen LogP contribution in [-0.2, 0) is 14.3 Å². The Morgan fingerprint density at radius 3 is 2.36 bits per heavy atom. The van der Waals surface area contributed by atoms with Crippen LogP contribution in [0.2, 0.25) is 0 Å². The molecule has 0 aliphatic carbocycles. The third kappa shape index (κ3) is 2.98. The second-order valence-corrected chi connectivity index (χ2v) is 4.92. The zero-order chi connectivity index (χ0) is 10.6. The van der Waals surface area contributed by atoms with Crippen LogP contribution in [0.15, 0.2) is 39.5 Å². The minimum atomic E-state index is -3.63. The molecule has 5 heteroatoms. The maximum atomic E-state index is 11.4. The molecule has 1 rings (SSSR count). The first-order valence-corrected chi connectivity index (χ1v) is 6.47. The normalized spacial score (nSPS) is 11.9. The number of benzene rings is 1. The molecule has 0 aliphatic rings. The molecule has 76 valence electrons. The zero-order valence-corrected chi connectivity index (χ0v) is 10.4. The van der Waals surface area contributed by atoms with Gasteiger partial charge < -0.3 is 4.18 Å². The van der Waals surface area contributed by atoms with Crippen LogP contribution < -0.4 is 0 Å². The van der Waals surface area contributed by atoms with Crippen LogP contribution in [0.5, 0.6) is 0 Å². The van der Waals surface area contributed by atoms with Gasteiger partial charge in [-0.05, 0) is 41.6 Å². The minimum absolute atomic E-state index is 0.164. The van der Waals surface area contributed by atoms with Gasteiger partial charge in [-0.15, -0.1) is 0 Å². The lowest BCUT2D eigenvalue weighted by Gasteiger charge is -2.02. The second-order valence-electron chi connectivity index (χ2n) is 2.63. The van der Waals surface area contributed by atoms with Gasteiger partial charge in [0, 0.05) is 4.08 Å². The summed E-state index contributed by atoms with van der Waals surface area (Å²) in [6, 6.07) is 6.49. The molecule has 0 amide bonds. The van der Waals surface area contributed by atoms with Crippen molar-refractivity contribution < 1.29 is 12.6 Å². The smallest absolute Gasteiger partial charge is 0.338 e. The molecule has 0 bridgehead atoms. The van der Waals surface area contributed by atoms with E-state index in [2.05, 4.69) is 4.18 Å². The molecule has 14 heavy (non-hydrogen) atoms. The number of rotatable bonds is 3. The van der Waals surface area contributed by atoms with Gasteiger partial charge in [0.05, 0.1) is 0 Å². The van der Waals surface area contributed by atoms with E-state index in [-0.39, 0.29) is 4.90 Å². The van der Waals surface area contributed by atoms with Crippen molar-refractivity contribution in [3.05, 3.63) is 40.2 Å². The van der Waals surface area contributed by atoms with Gasteiger partial charge in [0.15, 0.2) is 0 Å². The zero-order valence-electron chi connectivity index (χ0n) is 7.48. The highest BCUT2D eigenvalue weighted by Gasteiger charge is 2.12. The fourth-order valence-corrected chi connectivity index (χ4v) is 1.98. The summed E-state index contributed by atoms with van der Waals surface area (Å²) in [6.45, 7) is 1.89. The van der Waals surface area contributed by atoms with E-state index >= 15 is 0 Å². The van der Waals surface area contributed by atoms with Crippen molar-refractivity contribution >= 4 is 32.7 Å². The maximum Gasteiger partial charge on any atom is 0.338 e. The average Bonchev–Trinajstić information content (AvgIpc) is 2.16. The fourth-order valence-electron chi connectivity index (χ4n) is 0.855. The van der Waals surface area contributed by atoms with Crippen LogP contribution in [0, 0.1) is 6.92 Å². The highest BCUT2D eigenvalue weighted by molar-refractivity contribution is 14.1. The summed E-state index contributed by atoms with van der Waals surface area (Å²) in [5, 5.41) is 0. The summed E-state index contributed by atoms with van der Waals surface area (Å²) in [5.41, 5.74) is 1.01. The molecule has 0 N–H and O–H groups in total. The van der Waals surface area contributed by atoms with Crippen molar-refractivity contribution in [1.82, 2.24) is 0 Å². The minimum Gasteiger partial charge on any atom is -0.386 e. The van der Waals surface area contributed by atoms with Crippen molar-refractivity contribution in [3.8, 4) is 0 Å². The van der Waals surface area contributed by atoms with Crippen LogP contribution in [0.3, 0.4) is 0 Å². The van der Waals surface area contributed by atoms with Gasteiger partial charge in [-0.1, -0.05) is 17.7 Å². The van der Waals surface area contributed by atoms with E-state index < -0.39 is 10.1 Å². The van der Waals surface area contributed by atoms with Crippen molar-refractivity contribution in [2.45, 2.75) is 11.8 Å². The Morgan fingerprint density at radius 2 is 1.86 bits per heavy atom. The highest BCUT2D eigenvalue weighted by Crippen LogP contribution is 2.13. The highest BCUT2D eigenvalue weighted by atomic mass is 127. The lowest BCUT2D eigenvalue weighted by Crippen LogP contribution is -2.01. The van der Waals surface area contributed by atoms with Crippen LogP contribution in [0.4, 0.5) is 0 Å². The lowest BCUT2D eigenvalue weighted by molar-refractivity contribution is 0.444. The number of hydrogen-bond donors (Lipinski definition) is 0. The Morgan fingerprint density at radius 1 is 1.29 bits per heavy atom. The Balaban J connectivity index is 2.99. The first-order valence-electron chi connectivity index (χ1n) is 3.81. The fraction of sp³-hybridized carbons (Fsp3) is 0.111. The van der Waals surface area contributed by atoms with Crippen LogP contribution in [0.25, 0.3) is 0 Å². The number of aryl methyl sites for hydroxylation is 1. The van der Waals surface area contributed by atoms with Crippen molar-refractivity contribution in [3.63, 3.8) is 0 Å². The van der Waals surface area contributed by atoms with E-state index in [1.54, 1.807) is 12.1 Å². The van der Waals surface area contributed by atoms with Gasteiger partial charge >= 0.3 is 10.1 Å². The van der Waals surface area contributed by atoms with Gasteiger partial charge in [-0.3, -0.25) is 0 Å². The third-order valence-electron chi connectivity index (χ3n) is 1.54. The van der Waals surface area contributed by atoms with Crippen molar-refractivity contribution in [1.29, 1.82) is 0 Å². The molecule has 0 fully saturated rings.